The summed E-state index contributed by atoms with van der Waals surface area (Å²) in [6.07, 6.45) is 1.46. The van der Waals surface area contributed by atoms with Crippen LogP contribution < -0.4 is 0 Å². The lowest BCUT2D eigenvalue weighted by atomic mass is 9.99. The molecule has 8 nitrogen and oxygen atoms in total. The molecule has 0 saturated carbocycles. The van der Waals surface area contributed by atoms with Gasteiger partial charge in [0.1, 0.15) is 0 Å². The molecule has 2 aliphatic rings. The molecule has 0 unspecified atom stereocenters. The van der Waals surface area contributed by atoms with Crippen molar-refractivity contribution in [2.75, 3.05) is 52.6 Å². The molecule has 2 saturated heterocycles. The zero-order valence-electron chi connectivity index (χ0n) is 19.8. The van der Waals surface area contributed by atoms with Crippen LogP contribution in [0.15, 0.2) is 70.2 Å². The fourth-order valence-electron chi connectivity index (χ4n) is 4.33. The van der Waals surface area contributed by atoms with E-state index in [4.69, 9.17) is 19.0 Å². The number of carbonyl (C=O) groups is 1. The van der Waals surface area contributed by atoms with E-state index in [2.05, 4.69) is 15.0 Å². The highest BCUT2D eigenvalue weighted by molar-refractivity contribution is 6.09. The lowest BCUT2D eigenvalue weighted by Gasteiger charge is -2.37. The van der Waals surface area contributed by atoms with Crippen LogP contribution in [0.25, 0.3) is 0 Å². The molecule has 0 N–H and O–H groups in total. The van der Waals surface area contributed by atoms with Crippen molar-refractivity contribution in [3.63, 3.8) is 0 Å². The van der Waals surface area contributed by atoms with Crippen molar-refractivity contribution in [3.8, 4) is 0 Å². The smallest absolute Gasteiger partial charge is 0.253 e. The van der Waals surface area contributed by atoms with Crippen LogP contribution in [0.4, 0.5) is 5.88 Å². The molecule has 8 heteroatoms. The second-order valence-electron chi connectivity index (χ2n) is 8.66. The Bertz CT molecular complexity index is 1130. The van der Waals surface area contributed by atoms with Gasteiger partial charge in [0.25, 0.3) is 5.88 Å². The van der Waals surface area contributed by atoms with Gasteiger partial charge in [-0.15, -0.1) is 0 Å². The van der Waals surface area contributed by atoms with Gasteiger partial charge in [0.15, 0.2) is 5.78 Å². The number of aromatic nitrogens is 1. The van der Waals surface area contributed by atoms with Gasteiger partial charge in [0.2, 0.25) is 5.96 Å². The number of nitrogens with zero attached hydrogens (tertiary/aromatic N) is 4. The van der Waals surface area contributed by atoms with Crippen LogP contribution in [0, 0.1) is 0 Å². The average Bonchev–Trinajstić information content (AvgIpc) is 3.39. The summed E-state index contributed by atoms with van der Waals surface area (Å²) < 4.78 is 16.6. The highest BCUT2D eigenvalue weighted by atomic mass is 16.5. The van der Waals surface area contributed by atoms with E-state index >= 15 is 0 Å². The number of benzene rings is 2. The standard InChI is InChI=1S/C27H30N4O4/c32-26(22-6-2-1-3-7-22)23-8-4-5-21(19-23)9-10-24-20-25(35-29-24)28-27(30-11-15-33-16-12-30)31-13-17-34-18-14-31/h1-8,19-20H,9-18H2. The summed E-state index contributed by atoms with van der Waals surface area (Å²) in [6, 6.07) is 19.1. The van der Waals surface area contributed by atoms with Gasteiger partial charge in [-0.05, 0) is 24.5 Å². The van der Waals surface area contributed by atoms with Gasteiger partial charge in [0.05, 0.1) is 32.1 Å². The number of hydrogen-bond donors (Lipinski definition) is 0. The molecule has 0 bridgehead atoms. The summed E-state index contributed by atoms with van der Waals surface area (Å²) in [7, 11) is 0. The molecule has 2 aromatic carbocycles. The number of ketones is 1. The number of rotatable bonds is 6. The van der Waals surface area contributed by atoms with Gasteiger partial charge in [-0.2, -0.15) is 4.99 Å². The van der Waals surface area contributed by atoms with Crippen molar-refractivity contribution in [2.24, 2.45) is 4.99 Å². The molecule has 35 heavy (non-hydrogen) atoms. The highest BCUT2D eigenvalue weighted by Crippen LogP contribution is 2.19. The molecule has 0 radical (unpaired) electrons. The lowest BCUT2D eigenvalue weighted by molar-refractivity contribution is 0.0421. The van der Waals surface area contributed by atoms with Crippen LogP contribution in [-0.4, -0.2) is 79.3 Å². The molecule has 0 aliphatic carbocycles. The van der Waals surface area contributed by atoms with E-state index in [1.807, 2.05) is 60.7 Å². The summed E-state index contributed by atoms with van der Waals surface area (Å²) in [5, 5.41) is 4.24. The minimum atomic E-state index is 0.0317. The first kappa shape index (κ1) is 23.3. The molecule has 0 amide bonds. The molecular formula is C27H30N4O4. The van der Waals surface area contributed by atoms with Crippen LogP contribution in [0.2, 0.25) is 0 Å². The predicted molar refractivity (Wildman–Crippen MR) is 132 cm³/mol. The molecule has 0 spiro atoms. The second-order valence-corrected chi connectivity index (χ2v) is 8.66. The number of aliphatic imine (C=N–C) groups is 1. The number of carbonyl (C=O) groups excluding carboxylic acids is 1. The highest BCUT2D eigenvalue weighted by Gasteiger charge is 2.23. The van der Waals surface area contributed by atoms with Crippen molar-refractivity contribution in [1.29, 1.82) is 0 Å². The molecule has 3 heterocycles. The van der Waals surface area contributed by atoms with Gasteiger partial charge in [-0.3, -0.25) is 4.79 Å². The van der Waals surface area contributed by atoms with Gasteiger partial charge < -0.3 is 23.8 Å². The van der Waals surface area contributed by atoms with Gasteiger partial charge in [-0.1, -0.05) is 53.7 Å². The van der Waals surface area contributed by atoms with Crippen LogP contribution in [0.3, 0.4) is 0 Å². The molecule has 5 rings (SSSR count). The Labute approximate surface area is 205 Å². The number of aryl methyl sites for hydroxylation is 2. The maximum atomic E-state index is 12.8. The quantitative estimate of drug-likeness (QED) is 0.308. The molecule has 182 valence electrons. The molecular weight excluding hydrogens is 444 g/mol. The third-order valence-electron chi connectivity index (χ3n) is 6.24. The number of morpholine rings is 2. The monoisotopic (exact) mass is 474 g/mol. The second kappa shape index (κ2) is 11.3. The van der Waals surface area contributed by atoms with E-state index in [9.17, 15) is 4.79 Å². The third-order valence-corrected chi connectivity index (χ3v) is 6.24. The minimum absolute atomic E-state index is 0.0317. The van der Waals surface area contributed by atoms with Crippen molar-refractivity contribution in [1.82, 2.24) is 15.0 Å². The van der Waals surface area contributed by atoms with Crippen LogP contribution in [-0.2, 0) is 22.3 Å². The fraction of sp³-hybridized carbons (Fsp3) is 0.370. The summed E-state index contributed by atoms with van der Waals surface area (Å²) in [4.78, 5) is 22.1. The maximum absolute atomic E-state index is 12.8. The van der Waals surface area contributed by atoms with Crippen LogP contribution in [0.5, 0.6) is 0 Å². The van der Waals surface area contributed by atoms with Gasteiger partial charge >= 0.3 is 0 Å². The summed E-state index contributed by atoms with van der Waals surface area (Å²) in [5.41, 5.74) is 3.31. The zero-order valence-corrected chi connectivity index (χ0v) is 19.8. The lowest BCUT2D eigenvalue weighted by Crippen LogP contribution is -2.52. The number of guanidine groups is 1. The molecule has 2 aliphatic heterocycles. The Morgan fingerprint density at radius 2 is 1.46 bits per heavy atom. The summed E-state index contributed by atoms with van der Waals surface area (Å²) >= 11 is 0. The van der Waals surface area contributed by atoms with Crippen molar-refractivity contribution >= 4 is 17.6 Å². The SMILES string of the molecule is O=C(c1ccccc1)c1cccc(CCc2cc(N=C(N3CCOCC3)N3CCOCC3)on2)c1. The van der Waals surface area contributed by atoms with E-state index in [-0.39, 0.29) is 5.78 Å². The van der Waals surface area contributed by atoms with E-state index in [0.717, 1.165) is 49.8 Å². The predicted octanol–water partition coefficient (Wildman–Crippen LogP) is 3.34. The first-order valence-corrected chi connectivity index (χ1v) is 12.1. The summed E-state index contributed by atoms with van der Waals surface area (Å²) in [6.45, 7) is 5.97. The van der Waals surface area contributed by atoms with E-state index < -0.39 is 0 Å². The number of hydrogen-bond acceptors (Lipinski definition) is 6. The Morgan fingerprint density at radius 3 is 2.14 bits per heavy atom. The molecule has 3 aromatic rings. The van der Waals surface area contributed by atoms with Crippen LogP contribution >= 0.6 is 0 Å². The normalized spacial score (nSPS) is 16.2. The van der Waals surface area contributed by atoms with Gasteiger partial charge in [-0.25, -0.2) is 0 Å². The van der Waals surface area contributed by atoms with Crippen LogP contribution in [0.1, 0.15) is 27.2 Å². The minimum Gasteiger partial charge on any atom is -0.378 e. The van der Waals surface area contributed by atoms with E-state index in [1.165, 1.54) is 0 Å². The van der Waals surface area contributed by atoms with Crippen molar-refractivity contribution in [3.05, 3.63) is 83.0 Å². The topological polar surface area (TPSA) is 80.4 Å². The largest absolute Gasteiger partial charge is 0.378 e. The summed E-state index contributed by atoms with van der Waals surface area (Å²) in [5.74, 6) is 1.43. The molecule has 0 atom stereocenters. The fourth-order valence-corrected chi connectivity index (χ4v) is 4.33. The Kier molecular flexibility index (Phi) is 7.50. The Hall–Kier alpha value is -3.49. The first-order valence-electron chi connectivity index (χ1n) is 12.1. The van der Waals surface area contributed by atoms with E-state index in [0.29, 0.717) is 49.9 Å². The Balaban J connectivity index is 1.26. The maximum Gasteiger partial charge on any atom is 0.253 e. The number of ether oxygens (including phenoxy) is 2. The first-order chi connectivity index (χ1) is 17.3. The van der Waals surface area contributed by atoms with E-state index in [1.54, 1.807) is 0 Å². The molecule has 1 aromatic heterocycles. The zero-order chi connectivity index (χ0) is 23.9. The van der Waals surface area contributed by atoms with Crippen molar-refractivity contribution < 1.29 is 18.8 Å². The third kappa shape index (κ3) is 5.96. The Morgan fingerprint density at radius 1 is 0.800 bits per heavy atom. The van der Waals surface area contributed by atoms with Crippen molar-refractivity contribution in [2.45, 2.75) is 12.8 Å². The average molecular weight is 475 g/mol. The van der Waals surface area contributed by atoms with Gasteiger partial charge in [0, 0.05) is 43.4 Å². The molecule has 2 fully saturated rings.